The maximum absolute atomic E-state index is 13.2. The first-order valence-electron chi connectivity index (χ1n) is 11.6. The number of sulfone groups is 1. The number of benzene rings is 2. The van der Waals surface area contributed by atoms with Gasteiger partial charge < -0.3 is 5.32 Å². The highest BCUT2D eigenvalue weighted by atomic mass is 32.2. The standard InChI is InChI=1S/C25H33N3O3S/c29-25(24(23-7-3-1-4-8-23)28-15-17-32(30,31)18-16-28)26-19-21-9-11-22(12-10-21)20-27-13-5-2-6-14-27/h1,3-4,7-12,24H,2,5-6,13-20H2,(H,26,29). The van der Waals surface area contributed by atoms with E-state index < -0.39 is 15.9 Å². The Labute approximate surface area is 191 Å². The third-order valence-electron chi connectivity index (χ3n) is 6.45. The highest BCUT2D eigenvalue weighted by Crippen LogP contribution is 2.23. The van der Waals surface area contributed by atoms with Crippen molar-refractivity contribution >= 4 is 15.7 Å². The topological polar surface area (TPSA) is 69.7 Å². The quantitative estimate of drug-likeness (QED) is 0.695. The van der Waals surface area contributed by atoms with E-state index >= 15 is 0 Å². The number of nitrogens with zero attached hydrogens (tertiary/aromatic N) is 2. The fourth-order valence-electron chi connectivity index (χ4n) is 4.57. The molecule has 1 amide bonds. The molecule has 7 heteroatoms. The summed E-state index contributed by atoms with van der Waals surface area (Å²) in [4.78, 5) is 17.7. The average Bonchev–Trinajstić information content (AvgIpc) is 2.81. The Bertz CT molecular complexity index is 973. The molecule has 2 aromatic carbocycles. The van der Waals surface area contributed by atoms with Crippen LogP contribution in [-0.2, 0) is 27.7 Å². The molecule has 2 heterocycles. The molecule has 1 atom stereocenters. The van der Waals surface area contributed by atoms with Crippen LogP contribution in [0, 0.1) is 0 Å². The lowest BCUT2D eigenvalue weighted by Gasteiger charge is -2.33. The van der Waals surface area contributed by atoms with E-state index in [1.165, 1.54) is 37.9 Å². The molecule has 2 aliphatic heterocycles. The monoisotopic (exact) mass is 455 g/mol. The fraction of sp³-hybridized carbons (Fsp3) is 0.480. The second kappa shape index (κ2) is 10.6. The van der Waals surface area contributed by atoms with Crippen molar-refractivity contribution in [3.05, 3.63) is 71.3 Å². The second-order valence-corrected chi connectivity index (χ2v) is 11.2. The number of rotatable bonds is 7. The zero-order valence-corrected chi connectivity index (χ0v) is 19.4. The number of carbonyl (C=O) groups is 1. The maximum Gasteiger partial charge on any atom is 0.242 e. The minimum atomic E-state index is -3.00. The van der Waals surface area contributed by atoms with E-state index in [0.717, 1.165) is 17.7 Å². The summed E-state index contributed by atoms with van der Waals surface area (Å²) >= 11 is 0. The minimum Gasteiger partial charge on any atom is -0.350 e. The molecular formula is C25H33N3O3S. The molecule has 6 nitrogen and oxygen atoms in total. The van der Waals surface area contributed by atoms with Gasteiger partial charge in [0.25, 0.3) is 0 Å². The number of hydrogen-bond donors (Lipinski definition) is 1. The van der Waals surface area contributed by atoms with Crippen molar-refractivity contribution in [1.29, 1.82) is 0 Å². The Morgan fingerprint density at radius 3 is 2.12 bits per heavy atom. The number of carbonyl (C=O) groups excluding carboxylic acids is 1. The van der Waals surface area contributed by atoms with Crippen LogP contribution in [-0.4, -0.2) is 61.8 Å². The molecule has 0 aromatic heterocycles. The van der Waals surface area contributed by atoms with Crippen molar-refractivity contribution in [3.8, 4) is 0 Å². The van der Waals surface area contributed by atoms with Gasteiger partial charge in [0.05, 0.1) is 11.5 Å². The predicted octanol–water partition coefficient (Wildman–Crippen LogP) is 2.76. The van der Waals surface area contributed by atoms with E-state index in [4.69, 9.17) is 0 Å². The molecule has 172 valence electrons. The second-order valence-electron chi connectivity index (χ2n) is 8.87. The van der Waals surface area contributed by atoms with Gasteiger partial charge in [0.15, 0.2) is 9.84 Å². The zero-order chi connectivity index (χ0) is 22.4. The summed E-state index contributed by atoms with van der Waals surface area (Å²) in [6, 6.07) is 17.6. The molecule has 1 N–H and O–H groups in total. The molecule has 0 bridgehead atoms. The molecule has 1 unspecified atom stereocenters. The Hall–Kier alpha value is -2.22. The Morgan fingerprint density at radius 2 is 1.47 bits per heavy atom. The van der Waals surface area contributed by atoms with Crippen molar-refractivity contribution in [2.24, 2.45) is 0 Å². The first-order valence-corrected chi connectivity index (χ1v) is 13.4. The van der Waals surface area contributed by atoms with E-state index in [9.17, 15) is 13.2 Å². The van der Waals surface area contributed by atoms with Gasteiger partial charge in [0, 0.05) is 26.2 Å². The van der Waals surface area contributed by atoms with Gasteiger partial charge in [-0.25, -0.2) is 8.42 Å². The van der Waals surface area contributed by atoms with Crippen LogP contribution in [0.2, 0.25) is 0 Å². The number of hydrogen-bond acceptors (Lipinski definition) is 5. The normalized spacial score (nSPS) is 20.5. The van der Waals surface area contributed by atoms with Crippen LogP contribution in [0.25, 0.3) is 0 Å². The number of nitrogens with one attached hydrogen (secondary N) is 1. The molecule has 4 rings (SSSR count). The minimum absolute atomic E-state index is 0.0899. The van der Waals surface area contributed by atoms with Crippen LogP contribution in [0.5, 0.6) is 0 Å². The fourth-order valence-corrected chi connectivity index (χ4v) is 5.80. The number of amides is 1. The van der Waals surface area contributed by atoms with Gasteiger partial charge in [-0.3, -0.25) is 14.6 Å². The molecule has 0 spiro atoms. The van der Waals surface area contributed by atoms with Crippen LogP contribution in [0.15, 0.2) is 54.6 Å². The molecule has 0 saturated carbocycles. The third kappa shape index (κ3) is 6.18. The predicted molar refractivity (Wildman–Crippen MR) is 127 cm³/mol. The Morgan fingerprint density at radius 1 is 0.844 bits per heavy atom. The van der Waals surface area contributed by atoms with Gasteiger partial charge in [-0.1, -0.05) is 61.0 Å². The largest absolute Gasteiger partial charge is 0.350 e. The van der Waals surface area contributed by atoms with E-state index in [1.54, 1.807) is 0 Å². The van der Waals surface area contributed by atoms with Gasteiger partial charge in [-0.05, 0) is 42.6 Å². The number of piperidine rings is 1. The smallest absolute Gasteiger partial charge is 0.242 e. The first-order chi connectivity index (χ1) is 15.5. The zero-order valence-electron chi connectivity index (χ0n) is 18.6. The maximum atomic E-state index is 13.2. The third-order valence-corrected chi connectivity index (χ3v) is 8.06. The lowest BCUT2D eigenvalue weighted by atomic mass is 10.0. The lowest BCUT2D eigenvalue weighted by Crippen LogP contribution is -2.47. The van der Waals surface area contributed by atoms with Crippen molar-refractivity contribution in [2.75, 3.05) is 37.7 Å². The van der Waals surface area contributed by atoms with Crippen molar-refractivity contribution in [1.82, 2.24) is 15.1 Å². The Balaban J connectivity index is 1.37. The summed E-state index contributed by atoms with van der Waals surface area (Å²) in [6.45, 7) is 4.55. The summed E-state index contributed by atoms with van der Waals surface area (Å²) in [5, 5.41) is 3.08. The van der Waals surface area contributed by atoms with Gasteiger partial charge in [0.1, 0.15) is 6.04 Å². The lowest BCUT2D eigenvalue weighted by molar-refractivity contribution is -0.126. The first kappa shape index (κ1) is 23.0. The molecule has 2 aliphatic rings. The van der Waals surface area contributed by atoms with Crippen molar-refractivity contribution in [3.63, 3.8) is 0 Å². The summed E-state index contributed by atoms with van der Waals surface area (Å²) in [5.74, 6) is 0.109. The number of likely N-dealkylation sites (tertiary alicyclic amines) is 1. The molecule has 2 fully saturated rings. The summed E-state index contributed by atoms with van der Waals surface area (Å²) in [5.41, 5.74) is 3.26. The summed E-state index contributed by atoms with van der Waals surface area (Å²) < 4.78 is 23.7. The van der Waals surface area contributed by atoms with E-state index in [-0.39, 0.29) is 17.4 Å². The molecular weight excluding hydrogens is 422 g/mol. The van der Waals surface area contributed by atoms with E-state index in [0.29, 0.717) is 19.6 Å². The molecule has 32 heavy (non-hydrogen) atoms. The van der Waals surface area contributed by atoms with Crippen LogP contribution in [0.1, 0.15) is 42.0 Å². The molecule has 0 aliphatic carbocycles. The molecule has 2 aromatic rings. The van der Waals surface area contributed by atoms with Crippen LogP contribution >= 0.6 is 0 Å². The summed E-state index contributed by atoms with van der Waals surface area (Å²) in [7, 11) is -3.00. The van der Waals surface area contributed by atoms with Gasteiger partial charge in [-0.15, -0.1) is 0 Å². The van der Waals surface area contributed by atoms with Crippen molar-refractivity contribution in [2.45, 2.75) is 38.4 Å². The van der Waals surface area contributed by atoms with Gasteiger partial charge in [0.2, 0.25) is 5.91 Å². The van der Waals surface area contributed by atoms with Crippen LogP contribution in [0.3, 0.4) is 0 Å². The van der Waals surface area contributed by atoms with Crippen LogP contribution < -0.4 is 5.32 Å². The van der Waals surface area contributed by atoms with Crippen molar-refractivity contribution < 1.29 is 13.2 Å². The van der Waals surface area contributed by atoms with Gasteiger partial charge >= 0.3 is 0 Å². The van der Waals surface area contributed by atoms with Crippen LogP contribution in [0.4, 0.5) is 0 Å². The highest BCUT2D eigenvalue weighted by Gasteiger charge is 2.32. The SMILES string of the molecule is O=C(NCc1ccc(CN2CCCCC2)cc1)C(c1ccccc1)N1CCS(=O)(=O)CC1. The summed E-state index contributed by atoms with van der Waals surface area (Å²) in [6.07, 6.45) is 3.91. The van der Waals surface area contributed by atoms with Gasteiger partial charge in [-0.2, -0.15) is 0 Å². The van der Waals surface area contributed by atoms with E-state index in [1.807, 2.05) is 35.2 Å². The molecule has 2 saturated heterocycles. The molecule has 0 radical (unpaired) electrons. The average molecular weight is 456 g/mol. The Kier molecular flexibility index (Phi) is 7.60. The van der Waals surface area contributed by atoms with E-state index in [2.05, 4.69) is 34.5 Å². The highest BCUT2D eigenvalue weighted by molar-refractivity contribution is 7.91.